The number of pyridine rings is 1. The van der Waals surface area contributed by atoms with Crippen LogP contribution >= 0.6 is 0 Å². The van der Waals surface area contributed by atoms with Crippen molar-refractivity contribution in [1.82, 2.24) is 19.1 Å². The van der Waals surface area contributed by atoms with Crippen LogP contribution in [0.3, 0.4) is 0 Å². The van der Waals surface area contributed by atoms with Gasteiger partial charge in [0, 0.05) is 31.3 Å². The number of sulfonamides is 1. The lowest BCUT2D eigenvalue weighted by Crippen LogP contribution is -2.50. The van der Waals surface area contributed by atoms with Crippen LogP contribution in [0.15, 0.2) is 47.5 Å². The van der Waals surface area contributed by atoms with Gasteiger partial charge in [0.05, 0.1) is 30.6 Å². The molecule has 9 nitrogen and oxygen atoms in total. The number of hydrogen-bond donors (Lipinski definition) is 1. The lowest BCUT2D eigenvalue weighted by Gasteiger charge is -2.37. The highest BCUT2D eigenvalue weighted by Crippen LogP contribution is 2.28. The van der Waals surface area contributed by atoms with Gasteiger partial charge in [-0.1, -0.05) is 37.0 Å². The van der Waals surface area contributed by atoms with Crippen LogP contribution in [0.4, 0.5) is 0 Å². The fraction of sp³-hybridized carbons (Fsp3) is 0.462. The van der Waals surface area contributed by atoms with E-state index in [0.717, 1.165) is 0 Å². The maximum Gasteiger partial charge on any atom is 0.259 e. The lowest BCUT2D eigenvalue weighted by molar-refractivity contribution is 0.0373. The van der Waals surface area contributed by atoms with Gasteiger partial charge < -0.3 is 14.7 Å². The van der Waals surface area contributed by atoms with E-state index in [1.807, 2.05) is 25.9 Å². The molecule has 10 heteroatoms. The molecule has 1 amide bonds. The number of carbonyl (C=O) groups is 1. The molecule has 1 aromatic heterocycles. The number of hydrogen-bond acceptors (Lipinski definition) is 7. The number of likely N-dealkylation sites (N-methyl/N-ethyl adjacent to an activating group) is 1. The molecule has 194 valence electrons. The first-order valence-electron chi connectivity index (χ1n) is 11.8. The molecule has 0 radical (unpaired) electrons. The monoisotopic (exact) mass is 514 g/mol. The van der Waals surface area contributed by atoms with Crippen LogP contribution in [0.5, 0.6) is 5.88 Å². The van der Waals surface area contributed by atoms with Gasteiger partial charge in [-0.05, 0) is 39.2 Å². The van der Waals surface area contributed by atoms with Gasteiger partial charge >= 0.3 is 0 Å². The van der Waals surface area contributed by atoms with E-state index in [1.165, 1.54) is 11.4 Å². The Morgan fingerprint density at radius 2 is 1.94 bits per heavy atom. The molecule has 0 bridgehead atoms. The quantitative estimate of drug-likeness (QED) is 0.559. The zero-order valence-electron chi connectivity index (χ0n) is 21.4. The smallest absolute Gasteiger partial charge is 0.259 e. The van der Waals surface area contributed by atoms with E-state index >= 15 is 0 Å². The molecule has 0 saturated heterocycles. The molecule has 3 rings (SSSR count). The Labute approximate surface area is 213 Å². The number of fused-ring (bicyclic) bond motifs is 1. The number of amides is 1. The van der Waals surface area contributed by atoms with Crippen molar-refractivity contribution in [3.8, 4) is 17.7 Å². The number of nitrogens with zero attached hydrogens (tertiary/aromatic N) is 4. The van der Waals surface area contributed by atoms with Crippen molar-refractivity contribution in [2.45, 2.75) is 30.9 Å². The number of benzene rings is 1. The average Bonchev–Trinajstić information content (AvgIpc) is 2.86. The van der Waals surface area contributed by atoms with Gasteiger partial charge in [-0.3, -0.25) is 9.69 Å². The molecule has 0 unspecified atom stereocenters. The summed E-state index contributed by atoms with van der Waals surface area (Å²) in [5.41, 5.74) is 0.801. The SMILES string of the molecule is C[C@H]1CN([C@@H](C)CO)C(=O)c2cc(C#CCN(C)C)cnc2O[C@@H]1CN(C)S(=O)(=O)c1ccccc1. The maximum atomic E-state index is 13.5. The molecule has 1 N–H and O–H groups in total. The highest BCUT2D eigenvalue weighted by Gasteiger charge is 2.35. The van der Waals surface area contributed by atoms with Crippen molar-refractivity contribution in [3.05, 3.63) is 53.7 Å². The molecule has 0 saturated carbocycles. The van der Waals surface area contributed by atoms with E-state index in [9.17, 15) is 18.3 Å². The summed E-state index contributed by atoms with van der Waals surface area (Å²) in [6, 6.07) is 9.40. The Balaban J connectivity index is 1.97. The number of rotatable bonds is 7. The summed E-state index contributed by atoms with van der Waals surface area (Å²) >= 11 is 0. The minimum Gasteiger partial charge on any atom is -0.472 e. The minimum absolute atomic E-state index is 0.0550. The zero-order valence-corrected chi connectivity index (χ0v) is 22.2. The Bertz CT molecular complexity index is 1220. The largest absolute Gasteiger partial charge is 0.472 e. The standard InChI is InChI=1S/C26H34N4O5S/c1-19-16-30(20(2)18-31)26(32)23-14-21(10-9-13-28(3)4)15-27-25(23)35-24(19)17-29(5)36(33,34)22-11-7-6-8-12-22/h6-8,11-12,14-15,19-20,24,31H,13,16-18H2,1-5H3/t19-,20-,24+/m0/s1. The second kappa shape index (κ2) is 11.8. The molecular formula is C26H34N4O5S. The van der Waals surface area contributed by atoms with E-state index in [-0.39, 0.29) is 47.9 Å². The fourth-order valence-corrected chi connectivity index (χ4v) is 5.02. The van der Waals surface area contributed by atoms with Crippen molar-refractivity contribution < 1.29 is 23.1 Å². The number of aliphatic hydroxyl groups is 1. The summed E-state index contributed by atoms with van der Waals surface area (Å²) in [6.07, 6.45) is 0.953. The van der Waals surface area contributed by atoms with Gasteiger partial charge in [0.2, 0.25) is 15.9 Å². The third kappa shape index (κ3) is 6.42. The van der Waals surface area contributed by atoms with Crippen molar-refractivity contribution >= 4 is 15.9 Å². The second-order valence-corrected chi connectivity index (χ2v) is 11.4. The molecule has 0 fully saturated rings. The highest BCUT2D eigenvalue weighted by molar-refractivity contribution is 7.89. The Morgan fingerprint density at radius 1 is 1.25 bits per heavy atom. The van der Waals surface area contributed by atoms with E-state index in [0.29, 0.717) is 12.1 Å². The zero-order chi connectivity index (χ0) is 26.5. The first kappa shape index (κ1) is 27.6. The van der Waals surface area contributed by atoms with Crippen molar-refractivity contribution in [3.63, 3.8) is 0 Å². The van der Waals surface area contributed by atoms with Crippen LogP contribution in [0.1, 0.15) is 29.8 Å². The first-order valence-corrected chi connectivity index (χ1v) is 13.2. The van der Waals surface area contributed by atoms with E-state index in [4.69, 9.17) is 4.74 Å². The van der Waals surface area contributed by atoms with Crippen molar-refractivity contribution in [1.29, 1.82) is 0 Å². The van der Waals surface area contributed by atoms with Crippen molar-refractivity contribution in [2.24, 2.45) is 5.92 Å². The third-order valence-corrected chi connectivity index (χ3v) is 7.88. The van der Waals surface area contributed by atoms with Crippen LogP contribution < -0.4 is 4.74 Å². The molecule has 0 aliphatic carbocycles. The molecule has 1 aromatic carbocycles. The van der Waals surface area contributed by atoms with Gasteiger partial charge in [0.15, 0.2) is 0 Å². The van der Waals surface area contributed by atoms with Gasteiger partial charge in [0.1, 0.15) is 11.7 Å². The van der Waals surface area contributed by atoms with Crippen LogP contribution in [0.2, 0.25) is 0 Å². The fourth-order valence-electron chi connectivity index (χ4n) is 3.81. The van der Waals surface area contributed by atoms with Crippen molar-refractivity contribution in [2.75, 3.05) is 47.4 Å². The number of aromatic nitrogens is 1. The first-order chi connectivity index (χ1) is 17.0. The molecule has 1 aliphatic heterocycles. The predicted octanol–water partition coefficient (Wildman–Crippen LogP) is 1.54. The van der Waals surface area contributed by atoms with Crippen LogP contribution in [0, 0.1) is 17.8 Å². The van der Waals surface area contributed by atoms with Gasteiger partial charge in [-0.2, -0.15) is 4.31 Å². The summed E-state index contributed by atoms with van der Waals surface area (Å²) in [5.74, 6) is 5.60. The molecular weight excluding hydrogens is 480 g/mol. The number of ether oxygens (including phenoxy) is 1. The molecule has 1 aliphatic rings. The molecule has 0 spiro atoms. The Morgan fingerprint density at radius 3 is 2.58 bits per heavy atom. The van der Waals surface area contributed by atoms with E-state index in [2.05, 4.69) is 16.8 Å². The summed E-state index contributed by atoms with van der Waals surface area (Å²) < 4.78 is 33.7. The average molecular weight is 515 g/mol. The lowest BCUT2D eigenvalue weighted by atomic mass is 10.0. The normalized spacial score (nSPS) is 19.1. The summed E-state index contributed by atoms with van der Waals surface area (Å²) in [7, 11) is 1.59. The number of carbonyl (C=O) groups excluding carboxylic acids is 1. The van der Waals surface area contributed by atoms with E-state index in [1.54, 1.807) is 54.4 Å². The summed E-state index contributed by atoms with van der Waals surface area (Å²) in [5, 5.41) is 9.81. The molecule has 2 heterocycles. The van der Waals surface area contributed by atoms with Crippen LogP contribution in [-0.2, 0) is 10.0 Å². The summed E-state index contributed by atoms with van der Waals surface area (Å²) in [4.78, 5) is 21.6. The van der Waals surface area contributed by atoms with Crippen LogP contribution in [0.25, 0.3) is 0 Å². The number of aliphatic hydroxyl groups excluding tert-OH is 1. The molecule has 3 atom stereocenters. The topological polar surface area (TPSA) is 103 Å². The van der Waals surface area contributed by atoms with Gasteiger partial charge in [0.25, 0.3) is 5.91 Å². The van der Waals surface area contributed by atoms with Gasteiger partial charge in [-0.25, -0.2) is 13.4 Å². The van der Waals surface area contributed by atoms with E-state index < -0.39 is 22.2 Å². The highest BCUT2D eigenvalue weighted by atomic mass is 32.2. The second-order valence-electron chi connectivity index (χ2n) is 9.34. The third-order valence-electron chi connectivity index (χ3n) is 6.04. The maximum absolute atomic E-state index is 13.5. The van der Waals surface area contributed by atoms with Gasteiger partial charge in [-0.15, -0.1) is 0 Å². The summed E-state index contributed by atoms with van der Waals surface area (Å²) in [6.45, 7) is 4.33. The Kier molecular flexibility index (Phi) is 9.08. The Hall–Kier alpha value is -2.97. The predicted molar refractivity (Wildman–Crippen MR) is 137 cm³/mol. The minimum atomic E-state index is -3.74. The molecule has 36 heavy (non-hydrogen) atoms. The molecule has 2 aromatic rings. The van der Waals surface area contributed by atoms with Crippen LogP contribution in [-0.4, -0.2) is 98.1 Å².